The summed E-state index contributed by atoms with van der Waals surface area (Å²) in [5, 5.41) is 14.4. The van der Waals surface area contributed by atoms with Gasteiger partial charge in [-0.2, -0.15) is 10.1 Å². The van der Waals surface area contributed by atoms with Gasteiger partial charge in [0.05, 0.1) is 26.1 Å². The molecular formula is C20H23N5O2. The number of methoxy groups -OCH3 is 2. The van der Waals surface area contributed by atoms with Crippen LogP contribution in [0.4, 0.5) is 17.5 Å². The Labute approximate surface area is 158 Å². The first-order chi connectivity index (χ1) is 13.3. The molecule has 0 bridgehead atoms. The van der Waals surface area contributed by atoms with Crippen molar-refractivity contribution in [3.05, 3.63) is 60.3 Å². The Balaban J connectivity index is 1.59. The van der Waals surface area contributed by atoms with Crippen LogP contribution in [0.25, 0.3) is 0 Å². The highest BCUT2D eigenvalue weighted by molar-refractivity contribution is 5.65. The Morgan fingerprint density at radius 2 is 1.85 bits per heavy atom. The molecule has 0 radical (unpaired) electrons. The Morgan fingerprint density at radius 1 is 1.00 bits per heavy atom. The predicted octanol–water partition coefficient (Wildman–Crippen LogP) is 3.68. The number of nitrogens with one attached hydrogen (secondary N) is 2. The van der Waals surface area contributed by atoms with Crippen molar-refractivity contribution in [3.63, 3.8) is 0 Å². The summed E-state index contributed by atoms with van der Waals surface area (Å²) < 4.78 is 10.6. The Kier molecular flexibility index (Phi) is 6.40. The highest BCUT2D eigenvalue weighted by Crippen LogP contribution is 2.30. The van der Waals surface area contributed by atoms with Crippen LogP contribution in [0, 0.1) is 0 Å². The second-order valence-corrected chi connectivity index (χ2v) is 5.87. The minimum absolute atomic E-state index is 0.384. The zero-order chi connectivity index (χ0) is 18.9. The maximum absolute atomic E-state index is 5.36. The van der Waals surface area contributed by atoms with E-state index in [9.17, 15) is 0 Å². The molecule has 7 nitrogen and oxygen atoms in total. The number of ether oxygens (including phenoxy) is 2. The monoisotopic (exact) mass is 365 g/mol. The number of aromatic nitrogens is 3. The minimum atomic E-state index is 0.384. The van der Waals surface area contributed by atoms with Gasteiger partial charge in [0, 0.05) is 12.6 Å². The molecule has 3 rings (SSSR count). The number of benzene rings is 2. The van der Waals surface area contributed by atoms with Gasteiger partial charge >= 0.3 is 0 Å². The van der Waals surface area contributed by atoms with Gasteiger partial charge < -0.3 is 20.1 Å². The molecule has 0 saturated carbocycles. The molecule has 0 aliphatic rings. The van der Waals surface area contributed by atoms with E-state index in [0.717, 1.165) is 19.4 Å². The summed E-state index contributed by atoms with van der Waals surface area (Å²) in [7, 11) is 3.22. The number of nitrogens with zero attached hydrogens (tertiary/aromatic N) is 3. The summed E-state index contributed by atoms with van der Waals surface area (Å²) in [5.41, 5.74) is 2.03. The van der Waals surface area contributed by atoms with E-state index in [0.29, 0.717) is 29.0 Å². The molecular weight excluding hydrogens is 342 g/mol. The van der Waals surface area contributed by atoms with Crippen molar-refractivity contribution in [1.29, 1.82) is 0 Å². The Hall–Kier alpha value is -3.35. The zero-order valence-electron chi connectivity index (χ0n) is 15.5. The first-order valence-corrected chi connectivity index (χ1v) is 8.75. The molecule has 140 valence electrons. The van der Waals surface area contributed by atoms with Gasteiger partial charge in [-0.05, 0) is 30.5 Å². The summed E-state index contributed by atoms with van der Waals surface area (Å²) in [5.74, 6) is 2.43. The fourth-order valence-electron chi connectivity index (χ4n) is 2.63. The molecule has 2 aromatic carbocycles. The van der Waals surface area contributed by atoms with E-state index in [1.165, 1.54) is 5.56 Å². The molecule has 0 saturated heterocycles. The van der Waals surface area contributed by atoms with Crippen molar-refractivity contribution in [2.24, 2.45) is 0 Å². The van der Waals surface area contributed by atoms with Gasteiger partial charge in [0.25, 0.3) is 0 Å². The molecule has 0 aliphatic heterocycles. The standard InChI is InChI=1S/C20H23N5O2/c1-26-16-10-11-18(27-2)17(13-16)23-20-24-19(14-22-25-20)21-12-6-9-15-7-4-3-5-8-15/h3-5,7-8,10-11,13-14H,6,9,12H2,1-2H3,(H2,21,23,24,25). The zero-order valence-corrected chi connectivity index (χ0v) is 15.5. The second kappa shape index (κ2) is 9.38. The molecule has 0 fully saturated rings. The van der Waals surface area contributed by atoms with Gasteiger partial charge in [-0.25, -0.2) is 0 Å². The number of anilines is 3. The van der Waals surface area contributed by atoms with Crippen molar-refractivity contribution in [2.45, 2.75) is 12.8 Å². The molecule has 2 N–H and O–H groups in total. The molecule has 3 aromatic rings. The van der Waals surface area contributed by atoms with Gasteiger partial charge in [0.2, 0.25) is 5.95 Å². The lowest BCUT2D eigenvalue weighted by molar-refractivity contribution is 0.405. The fourth-order valence-corrected chi connectivity index (χ4v) is 2.63. The van der Waals surface area contributed by atoms with Gasteiger partial charge in [-0.15, -0.1) is 5.10 Å². The van der Waals surface area contributed by atoms with Crippen LogP contribution in [-0.2, 0) is 6.42 Å². The van der Waals surface area contributed by atoms with Crippen LogP contribution >= 0.6 is 0 Å². The first-order valence-electron chi connectivity index (χ1n) is 8.75. The lowest BCUT2D eigenvalue weighted by atomic mass is 10.1. The SMILES string of the molecule is COc1ccc(OC)c(Nc2nncc(NCCCc3ccccc3)n2)c1. The average molecular weight is 365 g/mol. The summed E-state index contributed by atoms with van der Waals surface area (Å²) in [6, 6.07) is 15.9. The highest BCUT2D eigenvalue weighted by Gasteiger charge is 2.08. The maximum Gasteiger partial charge on any atom is 0.249 e. The molecule has 1 aromatic heterocycles. The van der Waals surface area contributed by atoms with Crippen LogP contribution in [0.3, 0.4) is 0 Å². The topological polar surface area (TPSA) is 81.2 Å². The molecule has 27 heavy (non-hydrogen) atoms. The Morgan fingerprint density at radius 3 is 2.63 bits per heavy atom. The van der Waals surface area contributed by atoms with E-state index in [-0.39, 0.29) is 0 Å². The first kappa shape index (κ1) is 18.4. The summed E-state index contributed by atoms with van der Waals surface area (Å²) >= 11 is 0. The Bertz CT molecular complexity index is 858. The molecule has 0 aliphatic carbocycles. The van der Waals surface area contributed by atoms with Gasteiger partial charge in [0.1, 0.15) is 11.5 Å². The fraction of sp³-hybridized carbons (Fsp3) is 0.250. The number of aryl methyl sites for hydroxylation is 1. The third-order valence-electron chi connectivity index (χ3n) is 4.00. The van der Waals surface area contributed by atoms with Crippen LogP contribution in [0.2, 0.25) is 0 Å². The molecule has 0 amide bonds. The lowest BCUT2D eigenvalue weighted by Gasteiger charge is -2.12. The smallest absolute Gasteiger partial charge is 0.249 e. The van der Waals surface area contributed by atoms with Crippen molar-refractivity contribution in [3.8, 4) is 11.5 Å². The highest BCUT2D eigenvalue weighted by atomic mass is 16.5. The normalized spacial score (nSPS) is 10.3. The maximum atomic E-state index is 5.36. The van der Waals surface area contributed by atoms with Crippen LogP contribution in [0.5, 0.6) is 11.5 Å². The van der Waals surface area contributed by atoms with Gasteiger partial charge in [-0.3, -0.25) is 0 Å². The van der Waals surface area contributed by atoms with E-state index in [2.05, 4.69) is 50.1 Å². The quantitative estimate of drug-likeness (QED) is 0.560. The van der Waals surface area contributed by atoms with Crippen molar-refractivity contribution < 1.29 is 9.47 Å². The van der Waals surface area contributed by atoms with Gasteiger partial charge in [-0.1, -0.05) is 30.3 Å². The molecule has 1 heterocycles. The van der Waals surface area contributed by atoms with Crippen LogP contribution in [-0.4, -0.2) is 35.9 Å². The van der Waals surface area contributed by atoms with Crippen molar-refractivity contribution in [2.75, 3.05) is 31.4 Å². The summed E-state index contributed by atoms with van der Waals surface area (Å²) in [6.07, 6.45) is 3.62. The predicted molar refractivity (Wildman–Crippen MR) is 106 cm³/mol. The van der Waals surface area contributed by atoms with Crippen molar-refractivity contribution >= 4 is 17.5 Å². The average Bonchev–Trinajstić information content (AvgIpc) is 2.72. The van der Waals surface area contributed by atoms with Crippen LogP contribution in [0.15, 0.2) is 54.7 Å². The largest absolute Gasteiger partial charge is 0.497 e. The van der Waals surface area contributed by atoms with Crippen LogP contribution < -0.4 is 20.1 Å². The molecule has 0 unspecified atom stereocenters. The third-order valence-corrected chi connectivity index (χ3v) is 4.00. The van der Waals surface area contributed by atoms with Crippen molar-refractivity contribution in [1.82, 2.24) is 15.2 Å². The van der Waals surface area contributed by atoms with E-state index < -0.39 is 0 Å². The van der Waals surface area contributed by atoms with Gasteiger partial charge in [0.15, 0.2) is 5.82 Å². The molecule has 0 spiro atoms. The number of hydrogen-bond acceptors (Lipinski definition) is 7. The van der Waals surface area contributed by atoms with E-state index in [4.69, 9.17) is 9.47 Å². The molecule has 0 atom stereocenters. The second-order valence-electron chi connectivity index (χ2n) is 5.87. The van der Waals surface area contributed by atoms with E-state index in [1.807, 2.05) is 24.3 Å². The number of rotatable bonds is 9. The lowest BCUT2D eigenvalue weighted by Crippen LogP contribution is -2.08. The minimum Gasteiger partial charge on any atom is -0.497 e. The summed E-state index contributed by atoms with van der Waals surface area (Å²) in [4.78, 5) is 4.45. The summed E-state index contributed by atoms with van der Waals surface area (Å²) in [6.45, 7) is 0.801. The number of hydrogen-bond donors (Lipinski definition) is 2. The van der Waals surface area contributed by atoms with E-state index in [1.54, 1.807) is 20.4 Å². The van der Waals surface area contributed by atoms with E-state index >= 15 is 0 Å². The molecule has 7 heteroatoms. The van der Waals surface area contributed by atoms with Crippen LogP contribution in [0.1, 0.15) is 12.0 Å². The third kappa shape index (κ3) is 5.31.